The molecule has 1 fully saturated rings. The zero-order valence-electron chi connectivity index (χ0n) is 17.1. The van der Waals surface area contributed by atoms with E-state index in [4.69, 9.17) is 4.42 Å². The van der Waals surface area contributed by atoms with E-state index in [1.807, 2.05) is 24.3 Å². The normalized spacial score (nSPS) is 15.1. The molecule has 2 aromatic heterocycles. The van der Waals surface area contributed by atoms with Gasteiger partial charge in [-0.05, 0) is 56.2 Å². The van der Waals surface area contributed by atoms with E-state index in [0.717, 1.165) is 48.7 Å². The Labute approximate surface area is 175 Å². The highest BCUT2D eigenvalue weighted by Gasteiger charge is 2.20. The second kappa shape index (κ2) is 8.47. The first-order chi connectivity index (χ1) is 14.0. The number of benzene rings is 1. The second-order valence-corrected chi connectivity index (χ2v) is 8.57. The van der Waals surface area contributed by atoms with Crippen LogP contribution in [-0.2, 0) is 13.0 Å². The van der Waals surface area contributed by atoms with E-state index in [9.17, 15) is 4.79 Å². The molecule has 0 spiro atoms. The molecule has 29 heavy (non-hydrogen) atoms. The van der Waals surface area contributed by atoms with Gasteiger partial charge in [-0.1, -0.05) is 6.92 Å². The molecule has 4 rings (SSSR count). The van der Waals surface area contributed by atoms with Crippen molar-refractivity contribution in [3.63, 3.8) is 0 Å². The maximum atomic E-state index is 11.4. The Morgan fingerprint density at radius 2 is 1.86 bits per heavy atom. The van der Waals surface area contributed by atoms with Crippen molar-refractivity contribution in [1.82, 2.24) is 15.1 Å². The van der Waals surface area contributed by atoms with Gasteiger partial charge >= 0.3 is 0 Å². The van der Waals surface area contributed by atoms with E-state index >= 15 is 0 Å². The molecule has 1 aliphatic heterocycles. The highest BCUT2D eigenvalue weighted by atomic mass is 32.1. The van der Waals surface area contributed by atoms with Gasteiger partial charge < -0.3 is 9.32 Å². The maximum Gasteiger partial charge on any atom is 0.257 e. The summed E-state index contributed by atoms with van der Waals surface area (Å²) in [6.07, 6.45) is 1.03. The summed E-state index contributed by atoms with van der Waals surface area (Å²) in [5.74, 6) is 1.39. The minimum Gasteiger partial charge on any atom is -0.419 e. The maximum absolute atomic E-state index is 11.4. The number of nitrogens with zero attached hydrogens (tertiary/aromatic N) is 4. The summed E-state index contributed by atoms with van der Waals surface area (Å²) in [5, 5.41) is 8.51. The third-order valence-corrected chi connectivity index (χ3v) is 6.76. The smallest absolute Gasteiger partial charge is 0.257 e. The first kappa shape index (κ1) is 19.8. The number of aryl methyl sites for hydroxylation is 2. The number of ketones is 1. The lowest BCUT2D eigenvalue weighted by Gasteiger charge is -2.35. The lowest BCUT2D eigenvalue weighted by atomic mass is 10.1. The molecule has 0 aliphatic carbocycles. The molecule has 0 atom stereocenters. The van der Waals surface area contributed by atoms with Gasteiger partial charge in [-0.15, -0.1) is 21.5 Å². The molecule has 0 unspecified atom stereocenters. The first-order valence-corrected chi connectivity index (χ1v) is 10.9. The van der Waals surface area contributed by atoms with E-state index in [0.29, 0.717) is 18.3 Å². The van der Waals surface area contributed by atoms with Crippen LogP contribution in [0.3, 0.4) is 0 Å². The van der Waals surface area contributed by atoms with E-state index < -0.39 is 0 Å². The van der Waals surface area contributed by atoms with Crippen LogP contribution < -0.4 is 4.90 Å². The predicted octanol–water partition coefficient (Wildman–Crippen LogP) is 4.19. The molecule has 0 N–H and O–H groups in total. The van der Waals surface area contributed by atoms with Crippen LogP contribution >= 0.6 is 11.3 Å². The third-order valence-electron chi connectivity index (χ3n) is 5.39. The van der Waals surface area contributed by atoms with Gasteiger partial charge in [0, 0.05) is 42.3 Å². The summed E-state index contributed by atoms with van der Waals surface area (Å²) in [6.45, 7) is 10.3. The van der Waals surface area contributed by atoms with Gasteiger partial charge in [0.2, 0.25) is 5.89 Å². The first-order valence-electron chi connectivity index (χ1n) is 10.0. The lowest BCUT2D eigenvalue weighted by molar-refractivity contribution is 0.101. The van der Waals surface area contributed by atoms with Gasteiger partial charge in [0.1, 0.15) is 0 Å². The Bertz CT molecular complexity index is 985. The molecule has 0 radical (unpaired) electrons. The van der Waals surface area contributed by atoms with Crippen LogP contribution in [0.1, 0.15) is 40.5 Å². The number of Topliss-reactive ketones (excluding diaryl/α,β-unsaturated/α-hetero) is 1. The number of hydrogen-bond acceptors (Lipinski definition) is 7. The van der Waals surface area contributed by atoms with E-state index in [1.165, 1.54) is 10.4 Å². The number of carbonyl (C=O) groups is 1. The van der Waals surface area contributed by atoms with Crippen molar-refractivity contribution < 1.29 is 9.21 Å². The zero-order valence-corrected chi connectivity index (χ0v) is 18.0. The van der Waals surface area contributed by atoms with Gasteiger partial charge in [0.15, 0.2) is 5.78 Å². The summed E-state index contributed by atoms with van der Waals surface area (Å²) in [4.78, 5) is 18.5. The molecular weight excluding hydrogens is 384 g/mol. The molecule has 3 heterocycles. The molecule has 3 aromatic rings. The van der Waals surface area contributed by atoms with Crippen molar-refractivity contribution in [1.29, 1.82) is 0 Å². The minimum atomic E-state index is 0.101. The predicted molar refractivity (Wildman–Crippen MR) is 116 cm³/mol. The molecule has 6 nitrogen and oxygen atoms in total. The summed E-state index contributed by atoms with van der Waals surface area (Å²) in [7, 11) is 0. The van der Waals surface area contributed by atoms with E-state index in [2.05, 4.69) is 39.9 Å². The Balaban J connectivity index is 1.34. The standard InChI is InChI=1S/C22H26N4O2S/c1-4-19-15(2)13-20(29-19)22-24-23-21(28-22)14-25-9-11-26(12-10-25)18-7-5-17(6-8-18)16(3)27/h5-8,13H,4,9-12,14H2,1-3H3. The molecule has 1 saturated heterocycles. The minimum absolute atomic E-state index is 0.101. The molecule has 152 valence electrons. The van der Waals surface area contributed by atoms with Gasteiger partial charge in [0.05, 0.1) is 11.4 Å². The molecule has 7 heteroatoms. The number of piperazine rings is 1. The quantitative estimate of drug-likeness (QED) is 0.568. The van der Waals surface area contributed by atoms with Crippen LogP contribution in [0, 0.1) is 6.92 Å². The van der Waals surface area contributed by atoms with Crippen molar-refractivity contribution in [2.45, 2.75) is 33.7 Å². The van der Waals surface area contributed by atoms with Crippen LogP contribution in [0.4, 0.5) is 5.69 Å². The fourth-order valence-corrected chi connectivity index (χ4v) is 4.69. The van der Waals surface area contributed by atoms with Crippen LogP contribution in [0.5, 0.6) is 0 Å². The van der Waals surface area contributed by atoms with Gasteiger partial charge in [-0.3, -0.25) is 9.69 Å². The van der Waals surface area contributed by atoms with Crippen LogP contribution in [0.15, 0.2) is 34.7 Å². The number of anilines is 1. The molecule has 1 aromatic carbocycles. The Kier molecular flexibility index (Phi) is 5.78. The largest absolute Gasteiger partial charge is 0.419 e. The molecule has 1 aliphatic rings. The monoisotopic (exact) mass is 410 g/mol. The average molecular weight is 411 g/mol. The Morgan fingerprint density at radius 3 is 2.48 bits per heavy atom. The van der Waals surface area contributed by atoms with Gasteiger partial charge in [-0.25, -0.2) is 0 Å². The van der Waals surface area contributed by atoms with Crippen LogP contribution in [0.25, 0.3) is 10.8 Å². The van der Waals surface area contributed by atoms with Crippen molar-refractivity contribution in [2.75, 3.05) is 31.1 Å². The van der Waals surface area contributed by atoms with Crippen LogP contribution in [0.2, 0.25) is 0 Å². The summed E-state index contributed by atoms with van der Waals surface area (Å²) in [5.41, 5.74) is 3.21. The summed E-state index contributed by atoms with van der Waals surface area (Å²) >= 11 is 1.73. The molecule has 0 bridgehead atoms. The van der Waals surface area contributed by atoms with Crippen molar-refractivity contribution in [3.8, 4) is 10.8 Å². The number of carbonyl (C=O) groups excluding carboxylic acids is 1. The zero-order chi connectivity index (χ0) is 20.4. The number of rotatable bonds is 6. The number of aromatic nitrogens is 2. The highest BCUT2D eigenvalue weighted by molar-refractivity contribution is 7.15. The SMILES string of the molecule is CCc1sc(-c2nnc(CN3CCN(c4ccc(C(C)=O)cc4)CC3)o2)cc1C. The third kappa shape index (κ3) is 4.41. The molecule has 0 saturated carbocycles. The van der Waals surface area contributed by atoms with Gasteiger partial charge in [-0.2, -0.15) is 0 Å². The number of hydrogen-bond donors (Lipinski definition) is 0. The number of thiophene rings is 1. The van der Waals surface area contributed by atoms with Crippen molar-refractivity contribution >= 4 is 22.8 Å². The lowest BCUT2D eigenvalue weighted by Crippen LogP contribution is -2.46. The summed E-state index contributed by atoms with van der Waals surface area (Å²) in [6, 6.07) is 10.0. The van der Waals surface area contributed by atoms with E-state index in [-0.39, 0.29) is 5.78 Å². The Hall–Kier alpha value is -2.51. The summed E-state index contributed by atoms with van der Waals surface area (Å²) < 4.78 is 5.93. The van der Waals surface area contributed by atoms with Crippen molar-refractivity contribution in [3.05, 3.63) is 52.2 Å². The van der Waals surface area contributed by atoms with E-state index in [1.54, 1.807) is 18.3 Å². The topological polar surface area (TPSA) is 62.5 Å². The molecular formula is C22H26N4O2S. The fourth-order valence-electron chi connectivity index (χ4n) is 3.66. The second-order valence-electron chi connectivity index (χ2n) is 7.44. The average Bonchev–Trinajstić information content (AvgIpc) is 3.35. The van der Waals surface area contributed by atoms with Crippen LogP contribution in [-0.4, -0.2) is 47.1 Å². The van der Waals surface area contributed by atoms with Crippen molar-refractivity contribution in [2.24, 2.45) is 0 Å². The van der Waals surface area contributed by atoms with Gasteiger partial charge in [0.25, 0.3) is 5.89 Å². The highest BCUT2D eigenvalue weighted by Crippen LogP contribution is 2.31. The fraction of sp³-hybridized carbons (Fsp3) is 0.409. The Morgan fingerprint density at radius 1 is 1.14 bits per heavy atom. The molecule has 0 amide bonds.